The van der Waals surface area contributed by atoms with Crippen LogP contribution in [0.1, 0.15) is 36.8 Å². The van der Waals surface area contributed by atoms with Crippen LogP contribution >= 0.6 is 12.2 Å². The van der Waals surface area contributed by atoms with Crippen molar-refractivity contribution in [2.75, 3.05) is 0 Å². The molecule has 0 unspecified atom stereocenters. The zero-order valence-corrected chi connectivity index (χ0v) is 11.9. The number of thiocarbonyl (C=S) groups is 1. The van der Waals surface area contributed by atoms with Crippen LogP contribution in [0.25, 0.3) is 6.08 Å². The topological polar surface area (TPSA) is 0 Å². The fourth-order valence-corrected chi connectivity index (χ4v) is 4.32. The van der Waals surface area contributed by atoms with Gasteiger partial charge in [-0.05, 0) is 65.5 Å². The SMILES string of the molecule is S=C1[C@@H]2CC[C@H]1CC(=CC1=Cc3ccccc3C1)C2. The Labute approximate surface area is 120 Å². The normalized spacial score (nSPS) is 30.6. The number of hydrogen-bond acceptors (Lipinski definition) is 1. The van der Waals surface area contributed by atoms with Crippen molar-refractivity contribution in [1.82, 2.24) is 0 Å². The zero-order chi connectivity index (χ0) is 12.8. The molecular formula is C18H18S. The fourth-order valence-electron chi connectivity index (χ4n) is 3.92. The van der Waals surface area contributed by atoms with Gasteiger partial charge in [0, 0.05) is 0 Å². The maximum atomic E-state index is 5.56. The molecule has 2 bridgehead atoms. The first kappa shape index (κ1) is 11.6. The molecule has 0 radical (unpaired) electrons. The third-order valence-electron chi connectivity index (χ3n) is 4.87. The minimum absolute atomic E-state index is 0.712. The third kappa shape index (κ3) is 2.01. The minimum Gasteiger partial charge on any atom is -0.0891 e. The number of hydrogen-bond donors (Lipinski definition) is 0. The molecule has 2 atom stereocenters. The molecule has 0 aliphatic heterocycles. The molecule has 0 spiro atoms. The van der Waals surface area contributed by atoms with Gasteiger partial charge in [0.2, 0.25) is 0 Å². The summed E-state index contributed by atoms with van der Waals surface area (Å²) in [5, 5.41) is 0. The maximum Gasteiger partial charge on any atom is -0.000331 e. The van der Waals surface area contributed by atoms with Crippen LogP contribution in [0.15, 0.2) is 41.5 Å². The van der Waals surface area contributed by atoms with Gasteiger partial charge in [0.25, 0.3) is 0 Å². The number of rotatable bonds is 1. The van der Waals surface area contributed by atoms with Crippen molar-refractivity contribution in [3.05, 3.63) is 52.6 Å². The van der Waals surface area contributed by atoms with E-state index in [9.17, 15) is 0 Å². The second kappa shape index (κ2) is 4.42. The van der Waals surface area contributed by atoms with Gasteiger partial charge in [0.1, 0.15) is 0 Å². The van der Waals surface area contributed by atoms with E-state index in [1.807, 2.05) is 0 Å². The third-order valence-corrected chi connectivity index (χ3v) is 5.53. The number of benzene rings is 1. The molecule has 1 heteroatoms. The molecule has 0 aromatic heterocycles. The van der Waals surface area contributed by atoms with E-state index in [4.69, 9.17) is 12.2 Å². The van der Waals surface area contributed by atoms with E-state index in [2.05, 4.69) is 36.4 Å². The highest BCUT2D eigenvalue weighted by Crippen LogP contribution is 2.43. The first-order chi connectivity index (χ1) is 9.29. The van der Waals surface area contributed by atoms with Gasteiger partial charge in [-0.15, -0.1) is 0 Å². The van der Waals surface area contributed by atoms with E-state index < -0.39 is 0 Å². The summed E-state index contributed by atoms with van der Waals surface area (Å²) in [6.07, 6.45) is 11.1. The summed E-state index contributed by atoms with van der Waals surface area (Å²) in [4.78, 5) is 1.38. The van der Waals surface area contributed by atoms with E-state index in [-0.39, 0.29) is 0 Å². The molecule has 96 valence electrons. The van der Waals surface area contributed by atoms with Crippen LogP contribution in [0.4, 0.5) is 0 Å². The van der Waals surface area contributed by atoms with E-state index >= 15 is 0 Å². The predicted octanol–water partition coefficient (Wildman–Crippen LogP) is 4.74. The van der Waals surface area contributed by atoms with Crippen LogP contribution < -0.4 is 0 Å². The van der Waals surface area contributed by atoms with Crippen molar-refractivity contribution in [1.29, 1.82) is 0 Å². The summed E-state index contributed by atoms with van der Waals surface area (Å²) < 4.78 is 0. The molecule has 19 heavy (non-hydrogen) atoms. The average molecular weight is 266 g/mol. The Balaban J connectivity index is 1.57. The van der Waals surface area contributed by atoms with Crippen LogP contribution in [0.3, 0.4) is 0 Å². The van der Waals surface area contributed by atoms with Crippen molar-refractivity contribution in [2.45, 2.75) is 32.1 Å². The van der Waals surface area contributed by atoms with Crippen LogP contribution in [0.2, 0.25) is 0 Å². The lowest BCUT2D eigenvalue weighted by molar-refractivity contribution is 0.675. The van der Waals surface area contributed by atoms with Crippen LogP contribution in [0, 0.1) is 11.8 Å². The lowest BCUT2D eigenvalue weighted by Crippen LogP contribution is -2.19. The molecule has 0 nitrogen and oxygen atoms in total. The van der Waals surface area contributed by atoms with Gasteiger partial charge in [0.15, 0.2) is 0 Å². The summed E-state index contributed by atoms with van der Waals surface area (Å²) in [7, 11) is 0. The summed E-state index contributed by atoms with van der Waals surface area (Å²) in [6.45, 7) is 0. The molecule has 2 fully saturated rings. The van der Waals surface area contributed by atoms with Crippen molar-refractivity contribution in [3.8, 4) is 0 Å². The summed E-state index contributed by atoms with van der Waals surface area (Å²) in [5.74, 6) is 1.42. The lowest BCUT2D eigenvalue weighted by atomic mass is 9.84. The Bertz CT molecular complexity index is 588. The first-order valence-electron chi connectivity index (χ1n) is 7.31. The quantitative estimate of drug-likeness (QED) is 0.661. The van der Waals surface area contributed by atoms with E-state index in [0.717, 1.165) is 6.42 Å². The van der Waals surface area contributed by atoms with E-state index in [1.165, 1.54) is 47.2 Å². The maximum absolute atomic E-state index is 5.56. The molecule has 0 amide bonds. The molecule has 3 aliphatic rings. The van der Waals surface area contributed by atoms with Gasteiger partial charge in [0.05, 0.1) is 0 Å². The summed E-state index contributed by atoms with van der Waals surface area (Å²) in [5.41, 5.74) is 6.01. The van der Waals surface area contributed by atoms with Gasteiger partial charge >= 0.3 is 0 Å². The van der Waals surface area contributed by atoms with Gasteiger partial charge in [-0.2, -0.15) is 0 Å². The summed E-state index contributed by atoms with van der Waals surface area (Å²) >= 11 is 5.56. The smallest absolute Gasteiger partial charge is 0.000331 e. The second-order valence-corrected chi connectivity index (χ2v) is 6.65. The van der Waals surface area contributed by atoms with E-state index in [0.29, 0.717) is 11.8 Å². The van der Waals surface area contributed by atoms with Gasteiger partial charge in [-0.1, -0.05) is 54.2 Å². The molecular weight excluding hydrogens is 248 g/mol. The van der Waals surface area contributed by atoms with Gasteiger partial charge in [-0.3, -0.25) is 0 Å². The highest BCUT2D eigenvalue weighted by atomic mass is 32.1. The molecule has 2 saturated carbocycles. The average Bonchev–Trinajstić information content (AvgIpc) is 2.87. The predicted molar refractivity (Wildman–Crippen MR) is 84.3 cm³/mol. The van der Waals surface area contributed by atoms with Crippen molar-refractivity contribution >= 4 is 23.2 Å². The monoisotopic (exact) mass is 266 g/mol. The lowest BCUT2D eigenvalue weighted by Gasteiger charge is -2.23. The molecule has 1 aromatic carbocycles. The van der Waals surface area contributed by atoms with Crippen molar-refractivity contribution < 1.29 is 0 Å². The molecule has 0 saturated heterocycles. The minimum atomic E-state index is 0.712. The zero-order valence-electron chi connectivity index (χ0n) is 11.1. The van der Waals surface area contributed by atoms with Crippen molar-refractivity contribution in [2.24, 2.45) is 11.8 Å². The summed E-state index contributed by atoms with van der Waals surface area (Å²) in [6, 6.07) is 8.74. The Morgan fingerprint density at radius 1 is 1.05 bits per heavy atom. The molecule has 1 aromatic rings. The fraction of sp³-hybridized carbons (Fsp3) is 0.389. The Morgan fingerprint density at radius 2 is 1.79 bits per heavy atom. The Kier molecular flexibility index (Phi) is 2.70. The number of allylic oxidation sites excluding steroid dienone is 3. The Hall–Kier alpha value is -1.21. The van der Waals surface area contributed by atoms with Crippen molar-refractivity contribution in [3.63, 3.8) is 0 Å². The molecule has 0 heterocycles. The second-order valence-electron chi connectivity index (χ2n) is 6.18. The van der Waals surface area contributed by atoms with Gasteiger partial charge < -0.3 is 0 Å². The van der Waals surface area contributed by atoms with Crippen LogP contribution in [-0.2, 0) is 6.42 Å². The standard InChI is InChI=1S/C18H18S/c19-18-16-5-6-17(18)11-13(10-16)7-12-8-14-3-1-2-4-15(14)9-12/h1-4,7-8,16-17H,5-6,9-11H2/t16-,17+. The molecule has 4 rings (SSSR count). The highest BCUT2D eigenvalue weighted by molar-refractivity contribution is 7.80. The largest absolute Gasteiger partial charge is 0.0891 e. The number of fused-ring (bicyclic) bond motifs is 3. The van der Waals surface area contributed by atoms with Crippen LogP contribution in [-0.4, -0.2) is 4.86 Å². The van der Waals surface area contributed by atoms with Gasteiger partial charge in [-0.25, -0.2) is 0 Å². The Morgan fingerprint density at radius 3 is 2.53 bits per heavy atom. The highest BCUT2D eigenvalue weighted by Gasteiger charge is 2.35. The first-order valence-corrected chi connectivity index (χ1v) is 7.72. The van der Waals surface area contributed by atoms with Crippen LogP contribution in [0.5, 0.6) is 0 Å². The van der Waals surface area contributed by atoms with E-state index in [1.54, 1.807) is 5.57 Å². The molecule has 0 N–H and O–H groups in total. The molecule has 3 aliphatic carbocycles.